The highest BCUT2D eigenvalue weighted by Crippen LogP contribution is 2.24. The Kier molecular flexibility index (Phi) is 6.89. The van der Waals surface area contributed by atoms with Gasteiger partial charge in [0.05, 0.1) is 5.75 Å². The summed E-state index contributed by atoms with van der Waals surface area (Å²) in [5.41, 5.74) is 1.11. The summed E-state index contributed by atoms with van der Waals surface area (Å²) in [6.07, 6.45) is 9.93. The summed E-state index contributed by atoms with van der Waals surface area (Å²) in [7, 11) is 0. The van der Waals surface area contributed by atoms with E-state index in [0.717, 1.165) is 24.9 Å². The Hall–Kier alpha value is -2.08. The third-order valence-corrected chi connectivity index (χ3v) is 5.55. The van der Waals surface area contributed by atoms with Crippen LogP contribution in [0.25, 0.3) is 12.2 Å². The predicted molar refractivity (Wildman–Crippen MR) is 107 cm³/mol. The predicted octanol–water partition coefficient (Wildman–Crippen LogP) is 4.25. The minimum atomic E-state index is 0.190. The van der Waals surface area contributed by atoms with Crippen LogP contribution in [0.5, 0.6) is 0 Å². The van der Waals surface area contributed by atoms with Crippen molar-refractivity contribution in [3.8, 4) is 0 Å². The number of hydrogen-bond acceptors (Lipinski definition) is 4. The zero-order chi connectivity index (χ0) is 18.2. The Morgan fingerprint density at radius 3 is 2.73 bits per heavy atom. The van der Waals surface area contributed by atoms with Crippen LogP contribution in [0.2, 0.25) is 0 Å². The van der Waals surface area contributed by atoms with Crippen molar-refractivity contribution in [3.05, 3.63) is 41.7 Å². The Bertz CT molecular complexity index is 722. The van der Waals surface area contributed by atoms with Crippen LogP contribution >= 0.6 is 11.8 Å². The molecule has 1 aliphatic rings. The highest BCUT2D eigenvalue weighted by molar-refractivity contribution is 7.99. The van der Waals surface area contributed by atoms with Crippen LogP contribution in [0.4, 0.5) is 0 Å². The molecule has 1 aromatic heterocycles. The molecule has 1 N–H and O–H groups in total. The number of aromatic amines is 1. The van der Waals surface area contributed by atoms with Crippen LogP contribution < -0.4 is 0 Å². The minimum Gasteiger partial charge on any atom is -0.339 e. The van der Waals surface area contributed by atoms with Crippen LogP contribution in [-0.2, 0) is 4.79 Å². The van der Waals surface area contributed by atoms with E-state index in [1.54, 1.807) is 0 Å². The van der Waals surface area contributed by atoms with Gasteiger partial charge in [0.15, 0.2) is 0 Å². The zero-order valence-electron chi connectivity index (χ0n) is 15.2. The molecule has 0 saturated heterocycles. The van der Waals surface area contributed by atoms with E-state index < -0.39 is 0 Å². The lowest BCUT2D eigenvalue weighted by Gasteiger charge is -2.33. The molecule has 6 heteroatoms. The molecular weight excluding hydrogens is 344 g/mol. The largest absolute Gasteiger partial charge is 0.339 e. The fraction of sp³-hybridized carbons (Fsp3) is 0.450. The Labute approximate surface area is 159 Å². The molecule has 1 saturated carbocycles. The number of nitrogens with one attached hydrogen (secondary N) is 1. The molecule has 0 aliphatic heterocycles. The highest BCUT2D eigenvalue weighted by Gasteiger charge is 2.24. The second kappa shape index (κ2) is 9.57. The van der Waals surface area contributed by atoms with Gasteiger partial charge in [-0.05, 0) is 31.4 Å². The van der Waals surface area contributed by atoms with Crippen molar-refractivity contribution in [3.63, 3.8) is 0 Å². The van der Waals surface area contributed by atoms with Gasteiger partial charge in [-0.2, -0.15) is 0 Å². The third-order valence-electron chi connectivity index (χ3n) is 4.72. The monoisotopic (exact) mass is 370 g/mol. The average Bonchev–Trinajstić information content (AvgIpc) is 3.15. The van der Waals surface area contributed by atoms with E-state index in [1.807, 2.05) is 47.4 Å². The molecule has 138 valence electrons. The van der Waals surface area contributed by atoms with Crippen molar-refractivity contribution < 1.29 is 4.79 Å². The van der Waals surface area contributed by atoms with Crippen LogP contribution in [0.3, 0.4) is 0 Å². The molecule has 0 radical (unpaired) electrons. The standard InChI is InChI=1S/C20H26N4OS/c1-2-24(17-11-7-4-8-12-17)19(25)15-26-20-21-18(22-23-20)14-13-16-9-5-3-6-10-16/h3,5-6,9-10,13-14,17H,2,4,7-8,11-12,15H2,1H3,(H,21,22,23)/b14-13+. The van der Waals surface area contributed by atoms with Crippen molar-refractivity contribution in [2.24, 2.45) is 0 Å². The van der Waals surface area contributed by atoms with Gasteiger partial charge in [0, 0.05) is 12.6 Å². The first kappa shape index (κ1) is 18.7. The second-order valence-electron chi connectivity index (χ2n) is 6.51. The number of amides is 1. The van der Waals surface area contributed by atoms with Crippen LogP contribution in [0.15, 0.2) is 35.5 Å². The molecule has 0 bridgehead atoms. The van der Waals surface area contributed by atoms with Crippen LogP contribution in [0.1, 0.15) is 50.4 Å². The molecule has 26 heavy (non-hydrogen) atoms. The molecule has 1 aromatic carbocycles. The van der Waals surface area contributed by atoms with Gasteiger partial charge in [0.1, 0.15) is 5.82 Å². The van der Waals surface area contributed by atoms with Crippen LogP contribution in [0, 0.1) is 0 Å². The summed E-state index contributed by atoms with van der Waals surface area (Å²) in [5.74, 6) is 1.28. The molecule has 0 atom stereocenters. The molecular formula is C20H26N4OS. The lowest BCUT2D eigenvalue weighted by molar-refractivity contribution is -0.131. The van der Waals surface area contributed by atoms with Gasteiger partial charge in [-0.25, -0.2) is 4.98 Å². The van der Waals surface area contributed by atoms with E-state index in [0.29, 0.717) is 22.8 Å². The molecule has 1 fully saturated rings. The molecule has 1 amide bonds. The maximum Gasteiger partial charge on any atom is 0.233 e. The summed E-state index contributed by atoms with van der Waals surface area (Å²) in [4.78, 5) is 19.1. The molecule has 1 aliphatic carbocycles. The SMILES string of the molecule is CCN(C(=O)CSc1n[nH]c(/C=C/c2ccccc2)n1)C1CCCCC1. The van der Waals surface area contributed by atoms with Gasteiger partial charge >= 0.3 is 0 Å². The maximum absolute atomic E-state index is 12.6. The number of hydrogen-bond donors (Lipinski definition) is 1. The van der Waals surface area contributed by atoms with Crippen molar-refractivity contribution in [1.82, 2.24) is 20.1 Å². The molecule has 5 nitrogen and oxygen atoms in total. The summed E-state index contributed by atoms with van der Waals surface area (Å²) in [5, 5.41) is 7.73. The smallest absolute Gasteiger partial charge is 0.233 e. The topological polar surface area (TPSA) is 61.9 Å². The zero-order valence-corrected chi connectivity index (χ0v) is 16.0. The van der Waals surface area contributed by atoms with Gasteiger partial charge in [0.2, 0.25) is 11.1 Å². The molecule has 0 spiro atoms. The van der Waals surface area contributed by atoms with Gasteiger partial charge in [-0.15, -0.1) is 5.10 Å². The van der Waals surface area contributed by atoms with Crippen molar-refractivity contribution >= 4 is 29.8 Å². The lowest BCUT2D eigenvalue weighted by atomic mass is 9.94. The van der Waals surface area contributed by atoms with E-state index >= 15 is 0 Å². The number of nitrogens with zero attached hydrogens (tertiary/aromatic N) is 3. The number of thioether (sulfide) groups is 1. The summed E-state index contributed by atoms with van der Waals surface area (Å²) in [6, 6.07) is 10.5. The van der Waals surface area contributed by atoms with Gasteiger partial charge in [0.25, 0.3) is 0 Å². The number of rotatable bonds is 7. The number of carbonyl (C=O) groups is 1. The van der Waals surface area contributed by atoms with Crippen LogP contribution in [-0.4, -0.2) is 44.3 Å². The fourth-order valence-electron chi connectivity index (χ4n) is 3.38. The van der Waals surface area contributed by atoms with Gasteiger partial charge < -0.3 is 4.90 Å². The van der Waals surface area contributed by atoms with E-state index in [4.69, 9.17) is 0 Å². The lowest BCUT2D eigenvalue weighted by Crippen LogP contribution is -2.42. The number of benzene rings is 1. The first-order chi connectivity index (χ1) is 12.8. The quantitative estimate of drug-likeness (QED) is 0.740. The second-order valence-corrected chi connectivity index (χ2v) is 7.45. The van der Waals surface area contributed by atoms with Crippen molar-refractivity contribution in [1.29, 1.82) is 0 Å². The Morgan fingerprint density at radius 1 is 1.23 bits per heavy atom. The van der Waals surface area contributed by atoms with Crippen molar-refractivity contribution in [2.45, 2.75) is 50.2 Å². The first-order valence-electron chi connectivity index (χ1n) is 9.34. The normalized spacial score (nSPS) is 15.4. The average molecular weight is 371 g/mol. The van der Waals surface area contributed by atoms with Gasteiger partial charge in [-0.1, -0.05) is 67.4 Å². The molecule has 0 unspecified atom stereocenters. The fourth-order valence-corrected chi connectivity index (χ4v) is 4.07. The molecule has 3 rings (SSSR count). The molecule has 1 heterocycles. The Morgan fingerprint density at radius 2 is 2.00 bits per heavy atom. The maximum atomic E-state index is 12.6. The number of H-pyrrole nitrogens is 1. The summed E-state index contributed by atoms with van der Waals surface area (Å²) >= 11 is 1.40. The van der Waals surface area contributed by atoms with E-state index in [-0.39, 0.29) is 5.91 Å². The molecule has 2 aromatic rings. The first-order valence-corrected chi connectivity index (χ1v) is 10.3. The third kappa shape index (κ3) is 5.21. The van der Waals surface area contributed by atoms with E-state index in [1.165, 1.54) is 31.0 Å². The minimum absolute atomic E-state index is 0.190. The number of carbonyl (C=O) groups excluding carboxylic acids is 1. The van der Waals surface area contributed by atoms with Crippen molar-refractivity contribution in [2.75, 3.05) is 12.3 Å². The Balaban J connectivity index is 1.52. The van der Waals surface area contributed by atoms with E-state index in [2.05, 4.69) is 22.1 Å². The highest BCUT2D eigenvalue weighted by atomic mass is 32.2. The summed E-state index contributed by atoms with van der Waals surface area (Å²) in [6.45, 7) is 2.85. The summed E-state index contributed by atoms with van der Waals surface area (Å²) < 4.78 is 0. The number of aromatic nitrogens is 3. The van der Waals surface area contributed by atoms with Gasteiger partial charge in [-0.3, -0.25) is 9.89 Å². The van der Waals surface area contributed by atoms with E-state index in [9.17, 15) is 4.79 Å².